The zero-order chi connectivity index (χ0) is 20.6. The topological polar surface area (TPSA) is 69.7 Å². The van der Waals surface area contributed by atoms with E-state index < -0.39 is 17.4 Å². The molecular formula is C22H22FN3O3. The standard InChI is InChI=1S/C22H22FN3O3/c1-15-6-8-16(9-7-15)13-26-20(28)22(24-21(26)29)10-3-11-25(14-22)19(27)17-4-2-5-18(23)12-17/h2,4-9,12H,3,10-11,13-14H2,1H3,(H,24,29). The van der Waals surface area contributed by atoms with Crippen molar-refractivity contribution in [2.45, 2.75) is 31.8 Å². The third-order valence-corrected chi connectivity index (χ3v) is 5.56. The molecule has 2 saturated heterocycles. The van der Waals surface area contributed by atoms with Gasteiger partial charge in [-0.05, 0) is 43.5 Å². The minimum Gasteiger partial charge on any atom is -0.336 e. The first-order valence-electron chi connectivity index (χ1n) is 9.62. The number of hydrogen-bond acceptors (Lipinski definition) is 3. The summed E-state index contributed by atoms with van der Waals surface area (Å²) in [6, 6.07) is 12.7. The van der Waals surface area contributed by atoms with Gasteiger partial charge in [0.15, 0.2) is 0 Å². The van der Waals surface area contributed by atoms with E-state index in [4.69, 9.17) is 0 Å². The summed E-state index contributed by atoms with van der Waals surface area (Å²) in [5.74, 6) is -1.15. The van der Waals surface area contributed by atoms with Crippen molar-refractivity contribution in [1.82, 2.24) is 15.1 Å². The molecule has 4 amide bonds. The number of aryl methyl sites for hydroxylation is 1. The van der Waals surface area contributed by atoms with Gasteiger partial charge in [0, 0.05) is 12.1 Å². The van der Waals surface area contributed by atoms with Crippen LogP contribution in [0.25, 0.3) is 0 Å². The van der Waals surface area contributed by atoms with Crippen LogP contribution in [0.5, 0.6) is 0 Å². The second-order valence-corrected chi connectivity index (χ2v) is 7.73. The van der Waals surface area contributed by atoms with E-state index in [1.54, 1.807) is 6.07 Å². The molecule has 2 aromatic rings. The monoisotopic (exact) mass is 395 g/mol. The number of hydrogen-bond donors (Lipinski definition) is 1. The van der Waals surface area contributed by atoms with Crippen molar-refractivity contribution in [3.63, 3.8) is 0 Å². The summed E-state index contributed by atoms with van der Waals surface area (Å²) in [5.41, 5.74) is 1.07. The Labute approximate surface area is 168 Å². The van der Waals surface area contributed by atoms with E-state index in [0.717, 1.165) is 11.1 Å². The number of halogens is 1. The Morgan fingerprint density at radius 2 is 1.93 bits per heavy atom. The number of piperidine rings is 1. The Morgan fingerprint density at radius 3 is 2.66 bits per heavy atom. The summed E-state index contributed by atoms with van der Waals surface area (Å²) in [7, 11) is 0. The number of amides is 4. The lowest BCUT2D eigenvalue weighted by molar-refractivity contribution is -0.133. The number of urea groups is 1. The van der Waals surface area contributed by atoms with Crippen molar-refractivity contribution in [2.75, 3.05) is 13.1 Å². The summed E-state index contributed by atoms with van der Waals surface area (Å²) in [6.45, 7) is 2.69. The summed E-state index contributed by atoms with van der Waals surface area (Å²) < 4.78 is 13.5. The van der Waals surface area contributed by atoms with Crippen molar-refractivity contribution in [1.29, 1.82) is 0 Å². The van der Waals surface area contributed by atoms with E-state index in [9.17, 15) is 18.8 Å². The van der Waals surface area contributed by atoms with E-state index in [-0.39, 0.29) is 30.5 Å². The second kappa shape index (κ2) is 7.31. The van der Waals surface area contributed by atoms with Crippen molar-refractivity contribution < 1.29 is 18.8 Å². The highest BCUT2D eigenvalue weighted by molar-refractivity contribution is 6.07. The van der Waals surface area contributed by atoms with Gasteiger partial charge in [0.1, 0.15) is 11.4 Å². The number of benzene rings is 2. The number of nitrogens with zero attached hydrogens (tertiary/aromatic N) is 2. The van der Waals surface area contributed by atoms with Gasteiger partial charge in [-0.25, -0.2) is 9.18 Å². The quantitative estimate of drug-likeness (QED) is 0.813. The number of carbonyl (C=O) groups excluding carboxylic acids is 3. The smallest absolute Gasteiger partial charge is 0.325 e. The first kappa shape index (κ1) is 19.1. The molecule has 1 spiro atoms. The Balaban J connectivity index is 1.53. The van der Waals surface area contributed by atoms with E-state index in [1.807, 2.05) is 31.2 Å². The van der Waals surface area contributed by atoms with Crippen molar-refractivity contribution in [2.24, 2.45) is 0 Å². The van der Waals surface area contributed by atoms with Gasteiger partial charge in [-0.3, -0.25) is 14.5 Å². The lowest BCUT2D eigenvalue weighted by Crippen LogP contribution is -2.59. The molecule has 1 unspecified atom stereocenters. The van der Waals surface area contributed by atoms with Gasteiger partial charge in [0.2, 0.25) is 0 Å². The molecule has 0 bridgehead atoms. The molecule has 1 N–H and O–H groups in total. The highest BCUT2D eigenvalue weighted by Crippen LogP contribution is 2.30. The fourth-order valence-corrected chi connectivity index (χ4v) is 4.01. The molecule has 29 heavy (non-hydrogen) atoms. The number of carbonyl (C=O) groups is 3. The molecule has 1 atom stereocenters. The lowest BCUT2D eigenvalue weighted by atomic mass is 9.88. The fraction of sp³-hybridized carbons (Fsp3) is 0.318. The number of likely N-dealkylation sites (tertiary alicyclic amines) is 1. The van der Waals surface area contributed by atoms with Gasteiger partial charge in [0.25, 0.3) is 11.8 Å². The van der Waals surface area contributed by atoms with Gasteiger partial charge in [0.05, 0.1) is 13.1 Å². The molecular weight excluding hydrogens is 373 g/mol. The minimum absolute atomic E-state index is 0.0807. The number of nitrogens with one attached hydrogen (secondary N) is 1. The Kier molecular flexibility index (Phi) is 4.82. The Morgan fingerprint density at radius 1 is 1.17 bits per heavy atom. The van der Waals surface area contributed by atoms with Crippen LogP contribution in [-0.2, 0) is 11.3 Å². The number of rotatable bonds is 3. The molecule has 7 heteroatoms. The molecule has 2 heterocycles. The molecule has 0 radical (unpaired) electrons. The van der Waals surface area contributed by atoms with Gasteiger partial charge in [-0.2, -0.15) is 0 Å². The first-order chi connectivity index (χ1) is 13.9. The molecule has 4 rings (SSSR count). The zero-order valence-corrected chi connectivity index (χ0v) is 16.2. The van der Waals surface area contributed by atoms with Crippen LogP contribution in [0.2, 0.25) is 0 Å². The Hall–Kier alpha value is -3.22. The molecule has 0 saturated carbocycles. The average molecular weight is 395 g/mol. The van der Waals surface area contributed by atoms with Gasteiger partial charge in [-0.15, -0.1) is 0 Å². The molecule has 2 aliphatic heterocycles. The first-order valence-corrected chi connectivity index (χ1v) is 9.62. The van der Waals surface area contributed by atoms with Crippen LogP contribution in [0.1, 0.15) is 34.3 Å². The van der Waals surface area contributed by atoms with E-state index in [0.29, 0.717) is 19.4 Å². The number of imide groups is 1. The van der Waals surface area contributed by atoms with Crippen LogP contribution in [0.4, 0.5) is 9.18 Å². The average Bonchev–Trinajstić information content (AvgIpc) is 2.93. The third kappa shape index (κ3) is 3.60. The molecule has 2 aliphatic rings. The predicted octanol–water partition coefficient (Wildman–Crippen LogP) is 2.86. The fourth-order valence-electron chi connectivity index (χ4n) is 4.01. The summed E-state index contributed by atoms with van der Waals surface area (Å²) in [4.78, 5) is 41.3. The molecule has 6 nitrogen and oxygen atoms in total. The maximum atomic E-state index is 13.5. The zero-order valence-electron chi connectivity index (χ0n) is 16.2. The van der Waals surface area contributed by atoms with E-state index in [1.165, 1.54) is 28.0 Å². The van der Waals surface area contributed by atoms with Crippen LogP contribution < -0.4 is 5.32 Å². The minimum atomic E-state index is -1.12. The lowest BCUT2D eigenvalue weighted by Gasteiger charge is -2.38. The molecule has 0 aromatic heterocycles. The molecule has 0 aliphatic carbocycles. The van der Waals surface area contributed by atoms with Gasteiger partial charge < -0.3 is 10.2 Å². The highest BCUT2D eigenvalue weighted by Gasteiger charge is 2.53. The normalized spacial score (nSPS) is 21.6. The largest absolute Gasteiger partial charge is 0.336 e. The van der Waals surface area contributed by atoms with E-state index in [2.05, 4.69) is 5.32 Å². The van der Waals surface area contributed by atoms with E-state index >= 15 is 0 Å². The van der Waals surface area contributed by atoms with Gasteiger partial charge >= 0.3 is 6.03 Å². The van der Waals surface area contributed by atoms with Crippen molar-refractivity contribution in [3.05, 3.63) is 71.0 Å². The summed E-state index contributed by atoms with van der Waals surface area (Å²) in [5, 5.41) is 2.82. The van der Waals surface area contributed by atoms with Crippen LogP contribution in [-0.4, -0.2) is 46.3 Å². The summed E-state index contributed by atoms with van der Waals surface area (Å²) in [6.07, 6.45) is 1.04. The van der Waals surface area contributed by atoms with Crippen molar-refractivity contribution >= 4 is 17.8 Å². The van der Waals surface area contributed by atoms with Crippen LogP contribution in [0.3, 0.4) is 0 Å². The summed E-state index contributed by atoms with van der Waals surface area (Å²) >= 11 is 0. The second-order valence-electron chi connectivity index (χ2n) is 7.73. The molecule has 150 valence electrons. The van der Waals surface area contributed by atoms with Crippen LogP contribution >= 0.6 is 0 Å². The van der Waals surface area contributed by atoms with Gasteiger partial charge in [-0.1, -0.05) is 35.9 Å². The predicted molar refractivity (Wildman–Crippen MR) is 105 cm³/mol. The van der Waals surface area contributed by atoms with Crippen LogP contribution in [0.15, 0.2) is 48.5 Å². The SMILES string of the molecule is Cc1ccc(CN2C(=O)NC3(CCCN(C(=O)c4cccc(F)c4)C3)C2=O)cc1. The highest BCUT2D eigenvalue weighted by atomic mass is 19.1. The molecule has 2 aromatic carbocycles. The maximum absolute atomic E-state index is 13.5. The third-order valence-electron chi connectivity index (χ3n) is 5.56. The Bertz CT molecular complexity index is 976. The maximum Gasteiger partial charge on any atom is 0.325 e. The van der Waals surface area contributed by atoms with Crippen LogP contribution in [0, 0.1) is 12.7 Å². The van der Waals surface area contributed by atoms with Crippen molar-refractivity contribution in [3.8, 4) is 0 Å². The molecule has 2 fully saturated rings.